The molecular weight excluding hydrogens is 585 g/mol. The van der Waals surface area contributed by atoms with Crippen LogP contribution in [0.3, 0.4) is 0 Å². The van der Waals surface area contributed by atoms with Gasteiger partial charge in [0.25, 0.3) is 17.7 Å². The Kier molecular flexibility index (Phi) is 7.08. The number of hydrogen-bond acceptors (Lipinski definition) is 6. The Bertz CT molecular complexity index is 1690. The monoisotopic (exact) mass is 608 g/mol. The van der Waals surface area contributed by atoms with Gasteiger partial charge in [0.2, 0.25) is 11.9 Å². The van der Waals surface area contributed by atoms with Crippen LogP contribution in [0, 0.1) is 17.1 Å². The minimum Gasteiger partial charge on any atom is -0.351 e. The van der Waals surface area contributed by atoms with E-state index in [0.717, 1.165) is 15.9 Å². The highest BCUT2D eigenvalue weighted by atomic mass is 35.5. The number of fused-ring (bicyclic) bond motifs is 1. The van der Waals surface area contributed by atoms with Crippen molar-refractivity contribution in [3.05, 3.63) is 82.4 Å². The van der Waals surface area contributed by atoms with E-state index in [-0.39, 0.29) is 41.6 Å². The first-order chi connectivity index (χ1) is 20.5. The van der Waals surface area contributed by atoms with Gasteiger partial charge in [-0.25, -0.2) is 23.1 Å². The molecule has 13 heteroatoms. The van der Waals surface area contributed by atoms with Gasteiger partial charge in [0.1, 0.15) is 23.6 Å². The summed E-state index contributed by atoms with van der Waals surface area (Å²) in [5.74, 6) is -5.74. The first kappa shape index (κ1) is 28.6. The largest absolute Gasteiger partial charge is 0.351 e. The van der Waals surface area contributed by atoms with Crippen LogP contribution < -0.4 is 15.1 Å². The van der Waals surface area contributed by atoms with Gasteiger partial charge in [-0.15, -0.1) is 0 Å². The summed E-state index contributed by atoms with van der Waals surface area (Å²) in [5.41, 5.74) is -0.909. The SMILES string of the molecule is N#Cc1ccnc(N2C(=O)CC[C@H]2C(=O)N(c2cccc(F)c2)[C@]2(C(=O)NC3CC(F)(F)C3)CCc3cccc(Cl)c32)n1. The number of aromatic nitrogens is 2. The van der Waals surface area contributed by atoms with Crippen LogP contribution in [0.4, 0.5) is 24.8 Å². The summed E-state index contributed by atoms with van der Waals surface area (Å²) >= 11 is 6.71. The first-order valence-corrected chi connectivity index (χ1v) is 14.0. The van der Waals surface area contributed by atoms with Gasteiger partial charge in [-0.05, 0) is 55.2 Å². The van der Waals surface area contributed by atoms with Gasteiger partial charge in [0.15, 0.2) is 5.54 Å². The van der Waals surface area contributed by atoms with E-state index in [1.807, 2.05) is 6.07 Å². The van der Waals surface area contributed by atoms with Crippen LogP contribution in [-0.2, 0) is 26.3 Å². The Morgan fingerprint density at radius 2 is 1.91 bits per heavy atom. The van der Waals surface area contributed by atoms with E-state index in [9.17, 15) is 32.8 Å². The summed E-state index contributed by atoms with van der Waals surface area (Å²) in [6.07, 6.45) is 0.459. The molecule has 1 saturated carbocycles. The number of nitriles is 1. The maximum Gasteiger partial charge on any atom is 0.252 e. The van der Waals surface area contributed by atoms with Gasteiger partial charge in [0.05, 0.1) is 0 Å². The van der Waals surface area contributed by atoms with Crippen LogP contribution in [0.1, 0.15) is 48.9 Å². The number of alkyl halides is 2. The summed E-state index contributed by atoms with van der Waals surface area (Å²) in [6.45, 7) is 0. The van der Waals surface area contributed by atoms with Gasteiger partial charge in [-0.3, -0.25) is 24.2 Å². The zero-order chi connectivity index (χ0) is 30.5. The number of nitrogens with one attached hydrogen (secondary N) is 1. The van der Waals surface area contributed by atoms with Gasteiger partial charge >= 0.3 is 0 Å². The summed E-state index contributed by atoms with van der Waals surface area (Å²) in [6, 6.07) is 11.3. The molecule has 0 spiro atoms. The molecule has 0 radical (unpaired) electrons. The number of nitrogens with zero attached hydrogens (tertiary/aromatic N) is 5. The number of benzene rings is 2. The molecule has 2 atom stereocenters. The minimum atomic E-state index is -2.92. The topological polar surface area (TPSA) is 119 Å². The van der Waals surface area contributed by atoms with E-state index in [0.29, 0.717) is 17.5 Å². The van der Waals surface area contributed by atoms with E-state index in [1.165, 1.54) is 30.5 Å². The Labute approximate surface area is 249 Å². The van der Waals surface area contributed by atoms with Crippen molar-refractivity contribution in [1.82, 2.24) is 15.3 Å². The van der Waals surface area contributed by atoms with Crippen molar-refractivity contribution in [3.63, 3.8) is 0 Å². The highest BCUT2D eigenvalue weighted by molar-refractivity contribution is 6.32. The molecule has 3 aliphatic rings. The van der Waals surface area contributed by atoms with E-state index in [1.54, 1.807) is 18.2 Å². The highest BCUT2D eigenvalue weighted by Gasteiger charge is 2.57. The molecule has 3 amide bonds. The Hall–Kier alpha value is -4.50. The lowest BCUT2D eigenvalue weighted by Crippen LogP contribution is -2.64. The number of aryl methyl sites for hydroxylation is 1. The Morgan fingerprint density at radius 3 is 2.63 bits per heavy atom. The molecule has 1 saturated heterocycles. The number of rotatable bonds is 6. The number of anilines is 2. The molecule has 2 heterocycles. The van der Waals surface area contributed by atoms with Crippen LogP contribution in [0.2, 0.25) is 5.02 Å². The van der Waals surface area contributed by atoms with Crippen molar-refractivity contribution in [2.45, 2.75) is 62.1 Å². The molecule has 2 aromatic carbocycles. The van der Waals surface area contributed by atoms with E-state index in [2.05, 4.69) is 15.3 Å². The third kappa shape index (κ3) is 4.87. The molecule has 220 valence electrons. The predicted molar refractivity (Wildman–Crippen MR) is 149 cm³/mol. The lowest BCUT2D eigenvalue weighted by molar-refractivity contribution is -0.137. The third-order valence-corrected chi connectivity index (χ3v) is 8.52. The Morgan fingerprint density at radius 1 is 1.14 bits per heavy atom. The number of carbonyl (C=O) groups is 3. The predicted octanol–water partition coefficient (Wildman–Crippen LogP) is 4.42. The van der Waals surface area contributed by atoms with Crippen molar-refractivity contribution in [3.8, 4) is 6.07 Å². The molecular formula is C30H24ClF3N6O3. The molecule has 43 heavy (non-hydrogen) atoms. The van der Waals surface area contributed by atoms with Crippen molar-refractivity contribution < 1.29 is 27.6 Å². The van der Waals surface area contributed by atoms with E-state index >= 15 is 0 Å². The second-order valence-corrected chi connectivity index (χ2v) is 11.3. The molecule has 0 bridgehead atoms. The fraction of sp³-hybridized carbons (Fsp3) is 0.333. The molecule has 3 aromatic rings. The maximum absolute atomic E-state index is 14.8. The average molecular weight is 609 g/mol. The molecule has 1 aromatic heterocycles. The molecule has 1 aliphatic heterocycles. The van der Waals surface area contributed by atoms with Gasteiger partial charge in [-0.1, -0.05) is 29.8 Å². The summed E-state index contributed by atoms with van der Waals surface area (Å²) < 4.78 is 42.3. The molecule has 2 fully saturated rings. The second-order valence-electron chi connectivity index (χ2n) is 10.9. The van der Waals surface area contributed by atoms with Crippen molar-refractivity contribution in [2.24, 2.45) is 0 Å². The molecule has 1 N–H and O–H groups in total. The summed E-state index contributed by atoms with van der Waals surface area (Å²) in [7, 11) is 0. The zero-order valence-electron chi connectivity index (χ0n) is 22.6. The third-order valence-electron chi connectivity index (χ3n) is 8.21. The normalized spacial score (nSPS) is 22.4. The van der Waals surface area contributed by atoms with Crippen LogP contribution in [-0.4, -0.2) is 45.7 Å². The molecule has 0 unspecified atom stereocenters. The quantitative estimate of drug-likeness (QED) is 0.442. The number of hydrogen-bond donors (Lipinski definition) is 1. The summed E-state index contributed by atoms with van der Waals surface area (Å²) in [4.78, 5) is 52.7. The van der Waals surface area contributed by atoms with Crippen molar-refractivity contribution in [1.29, 1.82) is 5.26 Å². The van der Waals surface area contributed by atoms with Gasteiger partial charge in [0, 0.05) is 47.8 Å². The van der Waals surface area contributed by atoms with Crippen LogP contribution >= 0.6 is 11.6 Å². The lowest BCUT2D eigenvalue weighted by atomic mass is 9.83. The molecule has 9 nitrogen and oxygen atoms in total. The summed E-state index contributed by atoms with van der Waals surface area (Å²) in [5, 5.41) is 12.2. The smallest absolute Gasteiger partial charge is 0.252 e. The maximum atomic E-state index is 14.8. The van der Waals surface area contributed by atoms with Gasteiger partial charge < -0.3 is 5.32 Å². The average Bonchev–Trinajstić information content (AvgIpc) is 3.54. The van der Waals surface area contributed by atoms with Crippen LogP contribution in [0.5, 0.6) is 0 Å². The van der Waals surface area contributed by atoms with Crippen LogP contribution in [0.15, 0.2) is 54.7 Å². The van der Waals surface area contributed by atoms with Gasteiger partial charge in [-0.2, -0.15) is 5.26 Å². The number of amides is 3. The minimum absolute atomic E-state index is 0.0119. The standard InChI is InChI=1S/C30H24ClF3N6O3/c31-22-6-1-3-17-9-11-30(25(17)22,27(43)37-20-14-29(33,34)15-20)40(21-5-2-4-18(32)13-21)26(42)23-7-8-24(41)39(23)28-36-12-10-19(16-35)38-28/h1-6,10,12-13,20,23H,7-9,11,14-15H2,(H,37,43)/t23-,30+/m0/s1. The molecule has 2 aliphatic carbocycles. The zero-order valence-corrected chi connectivity index (χ0v) is 23.3. The number of halogens is 4. The van der Waals surface area contributed by atoms with Crippen LogP contribution in [0.25, 0.3) is 0 Å². The van der Waals surface area contributed by atoms with E-state index in [4.69, 9.17) is 11.6 Å². The number of carbonyl (C=O) groups excluding carboxylic acids is 3. The highest BCUT2D eigenvalue weighted by Crippen LogP contribution is 2.49. The fourth-order valence-corrected chi connectivity index (χ4v) is 6.65. The molecule has 6 rings (SSSR count). The first-order valence-electron chi connectivity index (χ1n) is 13.7. The Balaban J connectivity index is 1.51. The van der Waals surface area contributed by atoms with Crippen molar-refractivity contribution in [2.75, 3.05) is 9.80 Å². The fourth-order valence-electron chi connectivity index (χ4n) is 6.30. The van der Waals surface area contributed by atoms with E-state index < -0.39 is 59.9 Å². The van der Waals surface area contributed by atoms with Crippen molar-refractivity contribution >= 4 is 41.0 Å². The second kappa shape index (κ2) is 10.6. The lowest BCUT2D eigenvalue weighted by Gasteiger charge is -2.45.